The molecule has 0 fully saturated rings. The molecule has 6 N–H and O–H groups in total. The number of pyridine rings is 1. The molecule has 0 aliphatic heterocycles. The van der Waals surface area contributed by atoms with E-state index in [1.165, 1.54) is 0 Å². The van der Waals surface area contributed by atoms with E-state index in [1.54, 1.807) is 6.20 Å². The van der Waals surface area contributed by atoms with Gasteiger partial charge in [-0.05, 0) is 25.0 Å². The Morgan fingerprint density at radius 3 is 2.24 bits per heavy atom. The van der Waals surface area contributed by atoms with Crippen LogP contribution < -0.4 is 11.1 Å². The van der Waals surface area contributed by atoms with Crippen LogP contribution in [-0.2, 0) is 6.42 Å². The predicted octanol–water partition coefficient (Wildman–Crippen LogP) is -0.198. The van der Waals surface area contributed by atoms with Gasteiger partial charge in [-0.2, -0.15) is 0 Å². The number of hydrogen-bond donors (Lipinski definition) is 5. The fourth-order valence-electron chi connectivity index (χ4n) is 1.04. The van der Waals surface area contributed by atoms with E-state index in [0.29, 0.717) is 0 Å². The minimum Gasteiger partial charge on any atom is -0.370 e. The summed E-state index contributed by atoms with van der Waals surface area (Å²) in [7, 11) is 0. The van der Waals surface area contributed by atoms with E-state index in [4.69, 9.17) is 41.8 Å². The molecule has 0 aliphatic carbocycles. The van der Waals surface area contributed by atoms with E-state index in [1.807, 2.05) is 18.2 Å². The van der Waals surface area contributed by atoms with Crippen LogP contribution in [0.15, 0.2) is 24.4 Å². The molecule has 1 heterocycles. The molecule has 0 atom stereocenters. The molecule has 0 radical (unpaired) electrons. The summed E-state index contributed by atoms with van der Waals surface area (Å²) in [5.74, 6) is 0.0287. The number of aromatic nitrogens is 1. The van der Waals surface area contributed by atoms with Gasteiger partial charge in [0.05, 0.1) is 0 Å². The van der Waals surface area contributed by atoms with Crippen LogP contribution in [0, 0.1) is 25.6 Å². The zero-order valence-electron chi connectivity index (χ0n) is 10.9. The molecule has 0 spiro atoms. The maximum atomic E-state index is 8.36. The molecular weight excluding hydrogens is 288 g/mol. The van der Waals surface area contributed by atoms with Gasteiger partial charge in [0.15, 0.2) is 5.96 Å². The van der Waals surface area contributed by atoms with Crippen molar-refractivity contribution in [3.05, 3.63) is 50.3 Å². The van der Waals surface area contributed by atoms with Crippen LogP contribution in [0.25, 0.3) is 0 Å². The molecule has 118 valence electrons. The van der Waals surface area contributed by atoms with Gasteiger partial charge in [-0.25, -0.2) is 0 Å². The number of nitrogens with one attached hydrogen (secondary N) is 2. The van der Waals surface area contributed by atoms with Crippen molar-refractivity contribution in [1.82, 2.24) is 10.3 Å². The molecule has 12 nitrogen and oxygen atoms in total. The van der Waals surface area contributed by atoms with Crippen LogP contribution in [0.5, 0.6) is 0 Å². The van der Waals surface area contributed by atoms with Crippen molar-refractivity contribution in [2.75, 3.05) is 6.54 Å². The summed E-state index contributed by atoms with van der Waals surface area (Å²) >= 11 is 0. The van der Waals surface area contributed by atoms with Gasteiger partial charge in [0.1, 0.15) is 0 Å². The summed E-state index contributed by atoms with van der Waals surface area (Å²) in [6, 6.07) is 5.87. The van der Waals surface area contributed by atoms with Gasteiger partial charge in [0.25, 0.3) is 10.2 Å². The van der Waals surface area contributed by atoms with Crippen LogP contribution >= 0.6 is 0 Å². The molecule has 12 heteroatoms. The Morgan fingerprint density at radius 1 is 1.33 bits per heavy atom. The van der Waals surface area contributed by atoms with Crippen LogP contribution in [0.1, 0.15) is 12.1 Å². The van der Waals surface area contributed by atoms with Crippen molar-refractivity contribution in [2.45, 2.75) is 12.8 Å². The van der Waals surface area contributed by atoms with Crippen molar-refractivity contribution >= 4 is 5.96 Å². The summed E-state index contributed by atoms with van der Waals surface area (Å²) in [5, 5.41) is 37.0. The molecule has 0 aromatic carbocycles. The van der Waals surface area contributed by atoms with E-state index in [9.17, 15) is 0 Å². The SMILES string of the molecule is N=C(N)NCCCc1ccccn1.O=[N+]([O-])O.O=[N+]([O-])O. The standard InChI is InChI=1S/C9H14N4.2HNO3/c10-9(11)13-7-3-5-8-4-1-2-6-12-8;2*2-1(3)4/h1-2,4,6H,3,5,7H2,(H4,10,11,13);2*(H,2,3,4). The average Bonchev–Trinajstić information content (AvgIpc) is 2.34. The lowest BCUT2D eigenvalue weighted by Crippen LogP contribution is -2.31. The second-order valence-corrected chi connectivity index (χ2v) is 3.24. The monoisotopic (exact) mass is 304 g/mol. The fourth-order valence-corrected chi connectivity index (χ4v) is 1.04. The van der Waals surface area contributed by atoms with Crippen molar-refractivity contribution in [2.24, 2.45) is 5.73 Å². The Labute approximate surface area is 119 Å². The summed E-state index contributed by atoms with van der Waals surface area (Å²) in [6.07, 6.45) is 3.64. The number of hydrogen-bond acceptors (Lipinski definition) is 6. The first kappa shape index (κ1) is 20.1. The zero-order chi connectivity index (χ0) is 16.7. The predicted molar refractivity (Wildman–Crippen MR) is 70.0 cm³/mol. The minimum atomic E-state index is -1.50. The molecule has 0 amide bonds. The van der Waals surface area contributed by atoms with E-state index >= 15 is 0 Å². The molecule has 1 aromatic rings. The van der Waals surface area contributed by atoms with Crippen LogP contribution in [-0.4, -0.2) is 38.1 Å². The van der Waals surface area contributed by atoms with Gasteiger partial charge < -0.3 is 21.5 Å². The largest absolute Gasteiger partial charge is 0.370 e. The Morgan fingerprint density at radius 2 is 1.86 bits per heavy atom. The highest BCUT2D eigenvalue weighted by Gasteiger charge is 1.92. The molecular formula is C9H16N6O6. The summed E-state index contributed by atoms with van der Waals surface area (Å²) in [4.78, 5) is 20.9. The Hall–Kier alpha value is -3.18. The lowest BCUT2D eigenvalue weighted by atomic mass is 10.2. The third kappa shape index (κ3) is 26.4. The number of aryl methyl sites for hydroxylation is 1. The number of guanidine groups is 1. The van der Waals surface area contributed by atoms with E-state index in [-0.39, 0.29) is 5.96 Å². The molecule has 0 saturated carbocycles. The van der Waals surface area contributed by atoms with Crippen molar-refractivity contribution in [3.63, 3.8) is 0 Å². The Balaban J connectivity index is 0. The molecule has 0 saturated heterocycles. The summed E-state index contributed by atoms with van der Waals surface area (Å²) < 4.78 is 0. The maximum absolute atomic E-state index is 8.36. The topological polar surface area (TPSA) is 202 Å². The maximum Gasteiger partial charge on any atom is 0.291 e. The van der Waals surface area contributed by atoms with E-state index in [2.05, 4.69) is 10.3 Å². The number of nitrogens with two attached hydrogens (primary N) is 1. The van der Waals surface area contributed by atoms with Crippen LogP contribution in [0.3, 0.4) is 0 Å². The molecule has 0 unspecified atom stereocenters. The Kier molecular flexibility index (Phi) is 12.7. The second-order valence-electron chi connectivity index (χ2n) is 3.24. The number of nitrogens with zero attached hydrogens (tertiary/aromatic N) is 3. The second kappa shape index (κ2) is 13.3. The molecule has 1 aromatic heterocycles. The normalized spacial score (nSPS) is 8.19. The minimum absolute atomic E-state index is 0.0287. The van der Waals surface area contributed by atoms with Gasteiger partial charge in [0.2, 0.25) is 0 Å². The van der Waals surface area contributed by atoms with Gasteiger partial charge in [-0.1, -0.05) is 6.07 Å². The first-order chi connectivity index (χ1) is 9.75. The lowest BCUT2D eigenvalue weighted by molar-refractivity contribution is -0.742. The van der Waals surface area contributed by atoms with Crippen molar-refractivity contribution < 1.29 is 20.6 Å². The van der Waals surface area contributed by atoms with E-state index < -0.39 is 10.2 Å². The first-order valence-electron chi connectivity index (χ1n) is 5.40. The average molecular weight is 304 g/mol. The van der Waals surface area contributed by atoms with Crippen molar-refractivity contribution in [1.29, 1.82) is 5.41 Å². The fraction of sp³-hybridized carbons (Fsp3) is 0.333. The Bertz CT molecular complexity index is 408. The summed E-state index contributed by atoms with van der Waals surface area (Å²) in [6.45, 7) is 0.728. The quantitative estimate of drug-likeness (QED) is 0.164. The first-order valence-corrected chi connectivity index (χ1v) is 5.40. The zero-order valence-corrected chi connectivity index (χ0v) is 10.9. The lowest BCUT2D eigenvalue weighted by Gasteiger charge is -2.02. The van der Waals surface area contributed by atoms with Gasteiger partial charge >= 0.3 is 0 Å². The highest BCUT2D eigenvalue weighted by molar-refractivity contribution is 5.74. The van der Waals surface area contributed by atoms with Gasteiger partial charge in [-0.3, -0.25) is 10.4 Å². The third-order valence-corrected chi connectivity index (χ3v) is 1.65. The van der Waals surface area contributed by atoms with Crippen LogP contribution in [0.2, 0.25) is 0 Å². The molecule has 1 rings (SSSR count). The molecule has 0 bridgehead atoms. The highest BCUT2D eigenvalue weighted by Crippen LogP contribution is 1.96. The number of rotatable bonds is 4. The van der Waals surface area contributed by atoms with Gasteiger partial charge in [-0.15, -0.1) is 20.2 Å². The smallest absolute Gasteiger partial charge is 0.291 e. The highest BCUT2D eigenvalue weighted by atomic mass is 16.9. The molecule has 21 heavy (non-hydrogen) atoms. The molecule has 0 aliphatic rings. The van der Waals surface area contributed by atoms with E-state index in [0.717, 1.165) is 25.1 Å². The van der Waals surface area contributed by atoms with Crippen molar-refractivity contribution in [3.8, 4) is 0 Å². The van der Waals surface area contributed by atoms with Crippen LogP contribution in [0.4, 0.5) is 0 Å². The third-order valence-electron chi connectivity index (χ3n) is 1.65. The van der Waals surface area contributed by atoms with Gasteiger partial charge in [0, 0.05) is 18.4 Å². The summed E-state index contributed by atoms with van der Waals surface area (Å²) in [5.41, 5.74) is 6.21.